The highest BCUT2D eigenvalue weighted by molar-refractivity contribution is 6.03. The van der Waals surface area contributed by atoms with E-state index in [1.165, 1.54) is 6.07 Å². The lowest BCUT2D eigenvalue weighted by atomic mass is 10.0. The van der Waals surface area contributed by atoms with Gasteiger partial charge >= 0.3 is 6.18 Å². The summed E-state index contributed by atoms with van der Waals surface area (Å²) in [7, 11) is 0. The van der Waals surface area contributed by atoms with Crippen molar-refractivity contribution in [3.8, 4) is 0 Å². The summed E-state index contributed by atoms with van der Waals surface area (Å²) in [6.45, 7) is 3.21. The molecule has 4 rings (SSSR count). The molecule has 0 bridgehead atoms. The van der Waals surface area contributed by atoms with Gasteiger partial charge in [0.15, 0.2) is 5.82 Å². The third-order valence-corrected chi connectivity index (χ3v) is 5.97. The number of nitrogens with zero attached hydrogens (tertiary/aromatic N) is 5. The first-order chi connectivity index (χ1) is 16.8. The van der Waals surface area contributed by atoms with Gasteiger partial charge in [0.2, 0.25) is 0 Å². The van der Waals surface area contributed by atoms with Crippen LogP contribution in [0.5, 0.6) is 0 Å². The van der Waals surface area contributed by atoms with E-state index in [1.807, 2.05) is 42.2 Å². The second-order valence-electron chi connectivity index (χ2n) is 8.25. The number of anilines is 1. The third-order valence-electron chi connectivity index (χ3n) is 5.97. The molecule has 0 unspecified atom stereocenters. The summed E-state index contributed by atoms with van der Waals surface area (Å²) in [5, 5.41) is 0. The van der Waals surface area contributed by atoms with E-state index in [1.54, 1.807) is 23.4 Å². The molecule has 0 spiro atoms. The second kappa shape index (κ2) is 10.1. The van der Waals surface area contributed by atoms with Gasteiger partial charge in [-0.3, -0.25) is 4.79 Å². The summed E-state index contributed by atoms with van der Waals surface area (Å²) in [5.74, 6) is 0.444. The van der Waals surface area contributed by atoms with Crippen LogP contribution in [0, 0.1) is 0 Å². The zero-order chi connectivity index (χ0) is 25.0. The van der Waals surface area contributed by atoms with Crippen LogP contribution in [0.25, 0.3) is 5.57 Å². The van der Waals surface area contributed by atoms with Crippen LogP contribution in [-0.4, -0.2) is 51.4 Å². The Balaban J connectivity index is 1.59. The molecule has 1 aromatic carbocycles. The second-order valence-corrected chi connectivity index (χ2v) is 8.25. The van der Waals surface area contributed by atoms with E-state index in [-0.39, 0.29) is 17.6 Å². The zero-order valence-electron chi connectivity index (χ0n) is 19.1. The molecular formula is C25H25F3N6O. The molecule has 2 aromatic heterocycles. The molecule has 0 saturated carbocycles. The van der Waals surface area contributed by atoms with Gasteiger partial charge in [0.1, 0.15) is 11.5 Å². The van der Waals surface area contributed by atoms with E-state index in [9.17, 15) is 18.0 Å². The summed E-state index contributed by atoms with van der Waals surface area (Å²) in [5.41, 5.74) is 6.87. The average Bonchev–Trinajstić information content (AvgIpc) is 3.06. The van der Waals surface area contributed by atoms with Crippen molar-refractivity contribution in [3.63, 3.8) is 0 Å². The molecule has 1 aliphatic heterocycles. The van der Waals surface area contributed by atoms with Crippen molar-refractivity contribution >= 4 is 17.3 Å². The number of pyridine rings is 1. The van der Waals surface area contributed by atoms with Crippen LogP contribution in [0.15, 0.2) is 72.8 Å². The Kier molecular flexibility index (Phi) is 6.99. The van der Waals surface area contributed by atoms with Gasteiger partial charge in [-0.05, 0) is 37.1 Å². The van der Waals surface area contributed by atoms with Gasteiger partial charge < -0.3 is 15.5 Å². The van der Waals surface area contributed by atoms with Gasteiger partial charge in [0.05, 0.1) is 11.1 Å². The van der Waals surface area contributed by atoms with Crippen LogP contribution in [0.4, 0.5) is 19.0 Å². The fourth-order valence-electron chi connectivity index (χ4n) is 4.03. The van der Waals surface area contributed by atoms with Gasteiger partial charge in [0, 0.05) is 44.3 Å². The quantitative estimate of drug-likeness (QED) is 0.570. The Morgan fingerprint density at radius 3 is 2.31 bits per heavy atom. The highest BCUT2D eigenvalue weighted by atomic mass is 19.4. The molecular weight excluding hydrogens is 457 g/mol. The van der Waals surface area contributed by atoms with Crippen molar-refractivity contribution in [2.45, 2.75) is 25.6 Å². The predicted octanol–water partition coefficient (Wildman–Crippen LogP) is 3.74. The van der Waals surface area contributed by atoms with Crippen molar-refractivity contribution in [2.24, 2.45) is 5.73 Å². The Morgan fingerprint density at radius 2 is 1.69 bits per heavy atom. The van der Waals surface area contributed by atoms with Crippen molar-refractivity contribution in [1.29, 1.82) is 0 Å². The maximum atomic E-state index is 13.6. The van der Waals surface area contributed by atoms with E-state index < -0.39 is 11.7 Å². The highest BCUT2D eigenvalue weighted by Gasteiger charge is 2.32. The number of benzene rings is 1. The van der Waals surface area contributed by atoms with Crippen LogP contribution < -0.4 is 10.6 Å². The molecule has 0 aliphatic carbocycles. The van der Waals surface area contributed by atoms with E-state index >= 15 is 0 Å². The minimum Gasteiger partial charge on any atom is -0.394 e. The molecule has 182 valence electrons. The van der Waals surface area contributed by atoms with Gasteiger partial charge in [-0.2, -0.15) is 13.2 Å². The summed E-state index contributed by atoms with van der Waals surface area (Å²) < 4.78 is 38.6. The van der Waals surface area contributed by atoms with Crippen LogP contribution in [0.1, 0.15) is 30.3 Å². The van der Waals surface area contributed by atoms with Crippen molar-refractivity contribution in [2.75, 3.05) is 24.5 Å². The van der Waals surface area contributed by atoms with Crippen molar-refractivity contribution in [3.05, 3.63) is 89.8 Å². The fraction of sp³-hybridized carbons (Fsp3) is 0.280. The van der Waals surface area contributed by atoms with Crippen LogP contribution in [-0.2, 0) is 11.0 Å². The average molecular weight is 483 g/mol. The largest absolute Gasteiger partial charge is 0.417 e. The minimum absolute atomic E-state index is 0.0374. The predicted molar refractivity (Wildman–Crippen MR) is 126 cm³/mol. The number of rotatable bonds is 4. The molecule has 1 fully saturated rings. The van der Waals surface area contributed by atoms with Gasteiger partial charge in [-0.15, -0.1) is 0 Å². The Labute approximate surface area is 201 Å². The maximum absolute atomic E-state index is 13.6. The Morgan fingerprint density at radius 1 is 0.971 bits per heavy atom. The van der Waals surface area contributed by atoms with E-state index in [0.29, 0.717) is 43.3 Å². The Bertz CT molecular complexity index is 1140. The maximum Gasteiger partial charge on any atom is 0.417 e. The molecule has 7 nitrogen and oxygen atoms in total. The number of hydrogen-bond donors (Lipinski definition) is 1. The molecule has 1 aliphatic rings. The lowest BCUT2D eigenvalue weighted by molar-refractivity contribution is -0.137. The molecule has 3 aromatic rings. The first-order valence-electron chi connectivity index (χ1n) is 11.2. The number of amides is 1. The zero-order valence-corrected chi connectivity index (χ0v) is 19.1. The first-order valence-corrected chi connectivity index (χ1v) is 11.2. The summed E-state index contributed by atoms with van der Waals surface area (Å²) in [6.07, 6.45) is 0.174. The lowest BCUT2D eigenvalue weighted by Crippen LogP contribution is -2.42. The number of carbonyl (C=O) groups is 1. The van der Waals surface area contributed by atoms with Crippen LogP contribution in [0.2, 0.25) is 0 Å². The van der Waals surface area contributed by atoms with E-state index in [0.717, 1.165) is 17.8 Å². The smallest absolute Gasteiger partial charge is 0.394 e. The standard InChI is InChI=1S/C25H25F3N6O/c1-17-10-13-33(20-9-8-19(16-32-20)25(26,27)28)14-15-34(17)24(35)22(29)21(18-6-3-2-4-7-18)23-30-11-5-12-31-23/h2-9,11-12,16-17H,10,13-15,29H2,1H3/b22-21-/t17-/m1/s1. The van der Waals surface area contributed by atoms with Crippen LogP contribution >= 0.6 is 0 Å². The van der Waals surface area contributed by atoms with E-state index in [2.05, 4.69) is 15.0 Å². The number of halogens is 3. The lowest BCUT2D eigenvalue weighted by Gasteiger charge is -2.27. The molecule has 10 heteroatoms. The molecule has 1 amide bonds. The van der Waals surface area contributed by atoms with E-state index in [4.69, 9.17) is 5.73 Å². The van der Waals surface area contributed by atoms with Crippen molar-refractivity contribution < 1.29 is 18.0 Å². The number of aromatic nitrogens is 3. The minimum atomic E-state index is -4.44. The Hall–Kier alpha value is -3.95. The SMILES string of the molecule is C[C@@H]1CCN(c2ccc(C(F)(F)F)cn2)CCN1C(=O)/C(N)=C(\c1ccccc1)c1ncccn1. The monoisotopic (exact) mass is 482 g/mol. The summed E-state index contributed by atoms with van der Waals surface area (Å²) in [6, 6.07) is 13.2. The topological polar surface area (TPSA) is 88.2 Å². The molecule has 2 N–H and O–H groups in total. The van der Waals surface area contributed by atoms with Gasteiger partial charge in [-0.25, -0.2) is 15.0 Å². The number of nitrogens with two attached hydrogens (primary N) is 1. The van der Waals surface area contributed by atoms with Gasteiger partial charge in [0.25, 0.3) is 5.91 Å². The molecule has 35 heavy (non-hydrogen) atoms. The first kappa shape index (κ1) is 24.2. The molecule has 0 radical (unpaired) electrons. The molecule has 3 heterocycles. The highest BCUT2D eigenvalue weighted by Crippen LogP contribution is 2.30. The summed E-state index contributed by atoms with van der Waals surface area (Å²) in [4.78, 5) is 29.7. The van der Waals surface area contributed by atoms with Crippen LogP contribution in [0.3, 0.4) is 0 Å². The number of hydrogen-bond acceptors (Lipinski definition) is 6. The number of carbonyl (C=O) groups excluding carboxylic acids is 1. The van der Waals surface area contributed by atoms with Gasteiger partial charge in [-0.1, -0.05) is 30.3 Å². The summed E-state index contributed by atoms with van der Waals surface area (Å²) >= 11 is 0. The number of alkyl halides is 3. The normalized spacial score (nSPS) is 17.5. The third kappa shape index (κ3) is 5.42. The van der Waals surface area contributed by atoms with Crippen molar-refractivity contribution in [1.82, 2.24) is 19.9 Å². The fourth-order valence-corrected chi connectivity index (χ4v) is 4.03. The molecule has 1 atom stereocenters. The molecule has 1 saturated heterocycles.